The average molecular weight is 343 g/mol. The minimum Gasteiger partial charge on any atom is -0.256 e. The first-order valence-electron chi connectivity index (χ1n) is 8.57. The van der Waals surface area contributed by atoms with Gasteiger partial charge in [0.15, 0.2) is 0 Å². The van der Waals surface area contributed by atoms with E-state index in [9.17, 15) is 0 Å². The van der Waals surface area contributed by atoms with Gasteiger partial charge in [0, 0.05) is 26.7 Å². The number of nitrogens with zero attached hydrogens (tertiary/aromatic N) is 1. The molecule has 0 saturated heterocycles. The largest absolute Gasteiger partial charge is 0.256 e. The molecule has 2 heterocycles. The van der Waals surface area contributed by atoms with Crippen molar-refractivity contribution in [3.63, 3.8) is 0 Å². The van der Waals surface area contributed by atoms with Gasteiger partial charge in [-0.25, -0.2) is 0 Å². The molecule has 0 amide bonds. The molecule has 0 aliphatic carbocycles. The maximum Gasteiger partial charge on any atom is 0.0716 e. The van der Waals surface area contributed by atoms with Crippen molar-refractivity contribution in [1.82, 2.24) is 4.98 Å². The zero-order valence-electron chi connectivity index (χ0n) is 14.8. The van der Waals surface area contributed by atoms with Crippen LogP contribution in [0.1, 0.15) is 26.3 Å². The molecule has 1 nitrogen and oxygen atoms in total. The van der Waals surface area contributed by atoms with E-state index in [1.54, 1.807) is 0 Å². The summed E-state index contributed by atoms with van der Waals surface area (Å²) in [6.07, 6.45) is 1.99. The monoisotopic (exact) mass is 343 g/mol. The third-order valence-electron chi connectivity index (χ3n) is 4.51. The van der Waals surface area contributed by atoms with Crippen LogP contribution in [0, 0.1) is 0 Å². The van der Waals surface area contributed by atoms with Crippen molar-refractivity contribution in [3.05, 3.63) is 78.5 Å². The molecule has 124 valence electrons. The van der Waals surface area contributed by atoms with Crippen LogP contribution in [0.4, 0.5) is 0 Å². The predicted octanol–water partition coefficient (Wildman–Crippen LogP) is 6.93. The maximum absolute atomic E-state index is 4.64. The zero-order valence-corrected chi connectivity index (χ0v) is 15.6. The molecular weight excluding hydrogens is 322 g/mol. The minimum absolute atomic E-state index is 0.188. The summed E-state index contributed by atoms with van der Waals surface area (Å²) in [4.78, 5) is 5.93. The highest BCUT2D eigenvalue weighted by Crippen LogP contribution is 2.35. The van der Waals surface area contributed by atoms with E-state index >= 15 is 0 Å². The van der Waals surface area contributed by atoms with E-state index in [2.05, 4.69) is 86.4 Å². The van der Waals surface area contributed by atoms with Crippen LogP contribution in [0.25, 0.3) is 31.8 Å². The Morgan fingerprint density at radius 1 is 0.800 bits per heavy atom. The van der Waals surface area contributed by atoms with Gasteiger partial charge in [-0.05, 0) is 28.7 Å². The number of hydrogen-bond acceptors (Lipinski definition) is 2. The van der Waals surface area contributed by atoms with Gasteiger partial charge in [-0.2, -0.15) is 0 Å². The van der Waals surface area contributed by atoms with Crippen molar-refractivity contribution in [2.45, 2.75) is 26.2 Å². The lowest BCUT2D eigenvalue weighted by atomic mass is 9.86. The molecule has 4 aromatic rings. The van der Waals surface area contributed by atoms with Gasteiger partial charge in [0.05, 0.1) is 5.69 Å². The maximum atomic E-state index is 4.64. The van der Waals surface area contributed by atoms with Gasteiger partial charge in [-0.1, -0.05) is 75.4 Å². The Bertz CT molecular complexity index is 1010. The normalized spacial score (nSPS) is 11.8. The Kier molecular flexibility index (Phi) is 3.93. The predicted molar refractivity (Wildman–Crippen MR) is 109 cm³/mol. The van der Waals surface area contributed by atoms with Crippen LogP contribution in [-0.4, -0.2) is 4.98 Å². The smallest absolute Gasteiger partial charge is 0.0716 e. The molecule has 0 bridgehead atoms. The highest BCUT2D eigenvalue weighted by Gasteiger charge is 2.13. The summed E-state index contributed by atoms with van der Waals surface area (Å²) in [7, 11) is 0. The van der Waals surface area contributed by atoms with Gasteiger partial charge in [0.2, 0.25) is 0 Å². The summed E-state index contributed by atoms with van der Waals surface area (Å²) in [6, 6.07) is 23.7. The molecule has 0 spiro atoms. The number of rotatable bonds is 2. The number of benzene rings is 2. The fourth-order valence-corrected chi connectivity index (χ4v) is 4.05. The van der Waals surface area contributed by atoms with E-state index in [0.717, 1.165) is 11.3 Å². The van der Waals surface area contributed by atoms with Crippen LogP contribution in [-0.2, 0) is 5.41 Å². The molecule has 0 unspecified atom stereocenters. The molecule has 2 heteroatoms. The first-order chi connectivity index (χ1) is 12.0. The molecule has 2 aromatic heterocycles. The van der Waals surface area contributed by atoms with E-state index in [-0.39, 0.29) is 5.41 Å². The molecule has 0 fully saturated rings. The molecular formula is C23H21NS. The molecule has 0 atom stereocenters. The number of hydrogen-bond donors (Lipinski definition) is 0. The summed E-state index contributed by atoms with van der Waals surface area (Å²) in [6.45, 7) is 6.74. The topological polar surface area (TPSA) is 12.9 Å². The minimum atomic E-state index is 0.188. The van der Waals surface area contributed by atoms with Crippen molar-refractivity contribution in [2.75, 3.05) is 0 Å². The Hall–Kier alpha value is -2.45. The summed E-state index contributed by atoms with van der Waals surface area (Å²) in [5.41, 5.74) is 5.02. The van der Waals surface area contributed by atoms with Crippen LogP contribution in [0.5, 0.6) is 0 Å². The zero-order chi connectivity index (χ0) is 17.4. The van der Waals surface area contributed by atoms with Gasteiger partial charge in [-0.15, -0.1) is 11.3 Å². The first-order valence-corrected chi connectivity index (χ1v) is 9.38. The molecule has 0 aliphatic rings. The second-order valence-corrected chi connectivity index (χ2v) is 8.50. The van der Waals surface area contributed by atoms with Crippen LogP contribution in [0.3, 0.4) is 0 Å². The van der Waals surface area contributed by atoms with Crippen LogP contribution < -0.4 is 0 Å². The number of fused-ring (bicyclic) bond motifs is 1. The van der Waals surface area contributed by atoms with Gasteiger partial charge in [0.1, 0.15) is 0 Å². The molecule has 0 saturated carbocycles. The number of pyridine rings is 1. The third-order valence-corrected chi connectivity index (χ3v) is 5.65. The van der Waals surface area contributed by atoms with Gasteiger partial charge in [-0.3, -0.25) is 4.98 Å². The average Bonchev–Trinajstić information content (AvgIpc) is 3.05. The summed E-state index contributed by atoms with van der Waals surface area (Å²) in [5, 5.41) is 1.21. The van der Waals surface area contributed by atoms with E-state index in [4.69, 9.17) is 0 Å². The SMILES string of the molecule is CC(C)(C)c1ccc(-c2cc3cnc(-c4ccccc4)cc3s2)cc1. The fraction of sp³-hybridized carbons (Fsp3) is 0.174. The lowest BCUT2D eigenvalue weighted by Crippen LogP contribution is -2.10. The van der Waals surface area contributed by atoms with Gasteiger partial charge in [0.25, 0.3) is 0 Å². The van der Waals surface area contributed by atoms with Gasteiger partial charge < -0.3 is 0 Å². The second-order valence-electron chi connectivity index (χ2n) is 7.41. The molecule has 0 N–H and O–H groups in total. The standard InChI is InChI=1S/C23H21NS/c1-23(2,3)19-11-9-17(10-12-19)21-13-18-15-24-20(14-22(18)25-21)16-7-5-4-6-8-16/h4-15H,1-3H3. The van der Waals surface area contributed by atoms with Crippen molar-refractivity contribution < 1.29 is 0 Å². The molecule has 0 aliphatic heterocycles. The summed E-state index contributed by atoms with van der Waals surface area (Å²) < 4.78 is 1.28. The molecule has 2 aromatic carbocycles. The number of aromatic nitrogens is 1. The lowest BCUT2D eigenvalue weighted by molar-refractivity contribution is 0.590. The van der Waals surface area contributed by atoms with E-state index in [1.165, 1.54) is 26.1 Å². The highest BCUT2D eigenvalue weighted by atomic mass is 32.1. The van der Waals surface area contributed by atoms with Crippen LogP contribution in [0.15, 0.2) is 72.9 Å². The van der Waals surface area contributed by atoms with Crippen LogP contribution >= 0.6 is 11.3 Å². The first kappa shape index (κ1) is 16.0. The second kappa shape index (κ2) is 6.12. The van der Waals surface area contributed by atoms with Crippen molar-refractivity contribution in [2.24, 2.45) is 0 Å². The number of thiophene rings is 1. The summed E-state index contributed by atoms with van der Waals surface area (Å²) in [5.74, 6) is 0. The Morgan fingerprint density at radius 3 is 2.20 bits per heavy atom. The summed E-state index contributed by atoms with van der Waals surface area (Å²) >= 11 is 1.83. The third kappa shape index (κ3) is 3.22. The Labute approximate surface area is 153 Å². The molecule has 25 heavy (non-hydrogen) atoms. The molecule has 4 rings (SSSR count). The van der Waals surface area contributed by atoms with Crippen LogP contribution in [0.2, 0.25) is 0 Å². The van der Waals surface area contributed by atoms with E-state index < -0.39 is 0 Å². The molecule has 0 radical (unpaired) electrons. The quantitative estimate of drug-likeness (QED) is 0.384. The van der Waals surface area contributed by atoms with E-state index in [1.807, 2.05) is 23.6 Å². The van der Waals surface area contributed by atoms with Gasteiger partial charge >= 0.3 is 0 Å². The van der Waals surface area contributed by atoms with E-state index in [0.29, 0.717) is 0 Å². The van der Waals surface area contributed by atoms with Crippen molar-refractivity contribution in [1.29, 1.82) is 0 Å². The van der Waals surface area contributed by atoms with Crippen molar-refractivity contribution in [3.8, 4) is 21.7 Å². The lowest BCUT2D eigenvalue weighted by Gasteiger charge is -2.18. The Balaban J connectivity index is 1.72. The highest BCUT2D eigenvalue weighted by molar-refractivity contribution is 7.22. The van der Waals surface area contributed by atoms with Crippen molar-refractivity contribution >= 4 is 21.4 Å². The fourth-order valence-electron chi connectivity index (χ4n) is 2.98. The Morgan fingerprint density at radius 2 is 1.52 bits per heavy atom.